The van der Waals surface area contributed by atoms with Crippen LogP contribution in [0.2, 0.25) is 15.1 Å². The second kappa shape index (κ2) is 12.8. The average Bonchev–Trinajstić information content (AvgIpc) is 2.82. The van der Waals surface area contributed by atoms with Crippen molar-refractivity contribution in [2.24, 2.45) is 0 Å². The van der Waals surface area contributed by atoms with Gasteiger partial charge in [-0.3, -0.25) is 9.59 Å². The maximum Gasteiger partial charge on any atom is 0.261 e. The van der Waals surface area contributed by atoms with Gasteiger partial charge in [0.15, 0.2) is 6.61 Å². The van der Waals surface area contributed by atoms with E-state index < -0.39 is 6.04 Å². The first-order valence-electron chi connectivity index (χ1n) is 12.1. The van der Waals surface area contributed by atoms with Crippen LogP contribution in [0.5, 0.6) is 5.75 Å². The normalized spacial score (nSPS) is 14.9. The number of hydrogen-bond acceptors (Lipinski definition) is 3. The van der Waals surface area contributed by atoms with E-state index in [9.17, 15) is 9.59 Å². The van der Waals surface area contributed by atoms with Gasteiger partial charge in [0.2, 0.25) is 5.91 Å². The quantitative estimate of drug-likeness (QED) is 0.377. The van der Waals surface area contributed by atoms with Crippen LogP contribution < -0.4 is 10.1 Å². The van der Waals surface area contributed by atoms with E-state index in [0.717, 1.165) is 36.8 Å². The largest absolute Gasteiger partial charge is 0.484 e. The number of benzene rings is 2. The molecule has 0 radical (unpaired) electrons. The third-order valence-electron chi connectivity index (χ3n) is 6.47. The fraction of sp³-hybridized carbons (Fsp3) is 0.481. The van der Waals surface area contributed by atoms with E-state index in [4.69, 9.17) is 39.5 Å². The van der Waals surface area contributed by atoms with Gasteiger partial charge < -0.3 is 15.0 Å². The third-order valence-corrected chi connectivity index (χ3v) is 7.65. The predicted molar refractivity (Wildman–Crippen MR) is 143 cm³/mol. The number of nitrogens with one attached hydrogen (secondary N) is 1. The lowest BCUT2D eigenvalue weighted by Crippen LogP contribution is -2.52. The Morgan fingerprint density at radius 3 is 2.31 bits per heavy atom. The molecule has 0 saturated heterocycles. The van der Waals surface area contributed by atoms with Crippen molar-refractivity contribution >= 4 is 46.6 Å². The molecular weight excluding hydrogens is 507 g/mol. The highest BCUT2D eigenvalue weighted by Crippen LogP contribution is 2.27. The molecule has 2 aromatic rings. The van der Waals surface area contributed by atoms with Crippen molar-refractivity contribution in [3.63, 3.8) is 0 Å². The van der Waals surface area contributed by atoms with E-state index in [1.165, 1.54) is 6.42 Å². The molecule has 35 heavy (non-hydrogen) atoms. The Labute approximate surface area is 223 Å². The second-order valence-corrected chi connectivity index (χ2v) is 10.4. The molecule has 1 aliphatic rings. The number of amides is 2. The van der Waals surface area contributed by atoms with E-state index in [1.54, 1.807) is 35.2 Å². The summed E-state index contributed by atoms with van der Waals surface area (Å²) in [5, 5.41) is 4.80. The van der Waals surface area contributed by atoms with Crippen molar-refractivity contribution in [1.82, 2.24) is 10.2 Å². The molecule has 0 spiro atoms. The molecule has 2 amide bonds. The number of ether oxygens (including phenoxy) is 1. The van der Waals surface area contributed by atoms with Crippen LogP contribution in [0.3, 0.4) is 0 Å². The molecular formula is C27H33Cl3N2O3. The summed E-state index contributed by atoms with van der Waals surface area (Å²) in [6.07, 6.45) is 5.82. The Morgan fingerprint density at radius 2 is 1.71 bits per heavy atom. The minimum atomic E-state index is -0.645. The number of nitrogens with zero attached hydrogens (tertiary/aromatic N) is 1. The van der Waals surface area contributed by atoms with Gasteiger partial charge in [-0.1, -0.05) is 67.1 Å². The molecule has 1 atom stereocenters. The summed E-state index contributed by atoms with van der Waals surface area (Å²) in [5.41, 5.74) is 2.46. The molecule has 3 rings (SSSR count). The maximum atomic E-state index is 13.5. The van der Waals surface area contributed by atoms with Gasteiger partial charge in [0.1, 0.15) is 11.8 Å². The first-order chi connectivity index (χ1) is 16.7. The Kier molecular flexibility index (Phi) is 10.1. The van der Waals surface area contributed by atoms with Crippen molar-refractivity contribution in [3.8, 4) is 5.75 Å². The SMILES string of the molecule is CCC(C(=O)NC1CCCCC1)N(Cc1ccc(Cl)cc1Cl)C(=O)COc1cc(C)c(Cl)c(C)c1. The molecule has 1 aliphatic carbocycles. The first kappa shape index (κ1) is 27.6. The van der Waals surface area contributed by atoms with Crippen LogP contribution in [-0.2, 0) is 16.1 Å². The van der Waals surface area contributed by atoms with Gasteiger partial charge in [0.25, 0.3) is 5.91 Å². The first-order valence-corrected chi connectivity index (χ1v) is 13.3. The van der Waals surface area contributed by atoms with E-state index in [-0.39, 0.29) is 31.0 Å². The predicted octanol–water partition coefficient (Wildman–Crippen LogP) is 6.90. The van der Waals surface area contributed by atoms with Crippen LogP contribution in [0.15, 0.2) is 30.3 Å². The molecule has 8 heteroatoms. The number of aryl methyl sites for hydroxylation is 2. The van der Waals surface area contributed by atoms with Crippen LogP contribution >= 0.6 is 34.8 Å². The molecule has 190 valence electrons. The standard InChI is InChI=1S/C27H33Cl3N2O3/c1-4-24(27(34)31-21-8-6-5-7-9-21)32(15-19-10-11-20(28)14-23(19)29)25(33)16-35-22-12-17(2)26(30)18(3)13-22/h10-14,21,24H,4-9,15-16H2,1-3H3,(H,31,34). The number of halogens is 3. The Morgan fingerprint density at radius 1 is 1.06 bits per heavy atom. The molecule has 0 aromatic heterocycles. The fourth-order valence-corrected chi connectivity index (χ4v) is 5.09. The smallest absolute Gasteiger partial charge is 0.261 e. The highest BCUT2D eigenvalue weighted by Gasteiger charge is 2.31. The molecule has 1 N–H and O–H groups in total. The lowest BCUT2D eigenvalue weighted by molar-refractivity contribution is -0.143. The summed E-state index contributed by atoms with van der Waals surface area (Å²) in [4.78, 5) is 28.3. The van der Waals surface area contributed by atoms with Crippen LogP contribution in [0.1, 0.15) is 62.1 Å². The maximum absolute atomic E-state index is 13.5. The van der Waals surface area contributed by atoms with Crippen LogP contribution in [0, 0.1) is 13.8 Å². The number of carbonyl (C=O) groups excluding carboxylic acids is 2. The van der Waals surface area contributed by atoms with Crippen LogP contribution in [-0.4, -0.2) is 35.4 Å². The minimum Gasteiger partial charge on any atom is -0.484 e. The lowest BCUT2D eigenvalue weighted by atomic mass is 9.95. The van der Waals surface area contributed by atoms with Crippen molar-refractivity contribution in [1.29, 1.82) is 0 Å². The van der Waals surface area contributed by atoms with Gasteiger partial charge in [-0.05, 0) is 74.1 Å². The van der Waals surface area contributed by atoms with E-state index >= 15 is 0 Å². The van der Waals surface area contributed by atoms with Crippen LogP contribution in [0.4, 0.5) is 0 Å². The monoisotopic (exact) mass is 538 g/mol. The zero-order valence-corrected chi connectivity index (χ0v) is 22.8. The molecule has 1 fully saturated rings. The molecule has 2 aromatic carbocycles. The highest BCUT2D eigenvalue weighted by molar-refractivity contribution is 6.35. The lowest BCUT2D eigenvalue weighted by Gasteiger charge is -2.33. The zero-order valence-electron chi connectivity index (χ0n) is 20.5. The van der Waals surface area contributed by atoms with E-state index in [1.807, 2.05) is 20.8 Å². The molecule has 5 nitrogen and oxygen atoms in total. The summed E-state index contributed by atoms with van der Waals surface area (Å²) in [5.74, 6) is 0.116. The fourth-order valence-electron chi connectivity index (χ4n) is 4.51. The summed E-state index contributed by atoms with van der Waals surface area (Å²) in [6.45, 7) is 5.65. The van der Waals surface area contributed by atoms with Crippen LogP contribution in [0.25, 0.3) is 0 Å². The average molecular weight is 540 g/mol. The van der Waals surface area contributed by atoms with Crippen molar-refractivity contribution < 1.29 is 14.3 Å². The third kappa shape index (κ3) is 7.52. The summed E-state index contributed by atoms with van der Waals surface area (Å²) in [6, 6.07) is 8.26. The van der Waals surface area contributed by atoms with Gasteiger partial charge in [0, 0.05) is 27.7 Å². The molecule has 1 unspecified atom stereocenters. The molecule has 0 heterocycles. The number of rotatable bonds is 9. The van der Waals surface area contributed by atoms with Crippen molar-refractivity contribution in [2.75, 3.05) is 6.61 Å². The van der Waals surface area contributed by atoms with E-state index in [2.05, 4.69) is 5.32 Å². The zero-order chi connectivity index (χ0) is 25.5. The minimum absolute atomic E-state index is 0.143. The second-order valence-electron chi connectivity index (χ2n) is 9.18. The Balaban J connectivity index is 1.81. The number of hydrogen-bond donors (Lipinski definition) is 1. The van der Waals surface area contributed by atoms with Gasteiger partial charge >= 0.3 is 0 Å². The summed E-state index contributed by atoms with van der Waals surface area (Å²) >= 11 is 18.7. The topological polar surface area (TPSA) is 58.6 Å². The van der Waals surface area contributed by atoms with Gasteiger partial charge in [-0.25, -0.2) is 0 Å². The van der Waals surface area contributed by atoms with Crippen molar-refractivity contribution in [3.05, 3.63) is 62.1 Å². The number of carbonyl (C=O) groups is 2. The Bertz CT molecular complexity index is 1030. The molecule has 1 saturated carbocycles. The summed E-state index contributed by atoms with van der Waals surface area (Å²) in [7, 11) is 0. The highest BCUT2D eigenvalue weighted by atomic mass is 35.5. The molecule has 0 aliphatic heterocycles. The van der Waals surface area contributed by atoms with Gasteiger partial charge in [-0.2, -0.15) is 0 Å². The molecule has 0 bridgehead atoms. The van der Waals surface area contributed by atoms with Gasteiger partial charge in [0.05, 0.1) is 0 Å². The van der Waals surface area contributed by atoms with Gasteiger partial charge in [-0.15, -0.1) is 0 Å². The Hall–Kier alpha value is -1.95. The van der Waals surface area contributed by atoms with Crippen molar-refractivity contribution in [2.45, 2.75) is 77.9 Å². The van der Waals surface area contributed by atoms with E-state index in [0.29, 0.717) is 32.8 Å². The summed E-state index contributed by atoms with van der Waals surface area (Å²) < 4.78 is 5.84.